The minimum absolute atomic E-state index is 0.0704. The molecule has 1 heterocycles. The molecule has 0 aliphatic carbocycles. The molecule has 18 heavy (non-hydrogen) atoms. The second-order valence-corrected chi connectivity index (χ2v) is 3.65. The van der Waals surface area contributed by atoms with E-state index in [1.165, 1.54) is 7.11 Å². The summed E-state index contributed by atoms with van der Waals surface area (Å²) in [5.41, 5.74) is 0.312. The number of aromatic nitrogens is 1. The zero-order valence-electron chi connectivity index (χ0n) is 10.8. The second-order valence-electron chi connectivity index (χ2n) is 3.65. The van der Waals surface area contributed by atoms with E-state index in [1.54, 1.807) is 30.3 Å². The molecule has 0 aliphatic rings. The molecule has 0 bridgehead atoms. The second kappa shape index (κ2) is 6.58. The number of esters is 1. The average molecular weight is 251 g/mol. The molecular formula is C12H17N3O3. The molecule has 1 rings (SSSR count). The van der Waals surface area contributed by atoms with Gasteiger partial charge in [0, 0.05) is 19.8 Å². The van der Waals surface area contributed by atoms with Crippen LogP contribution in [0.1, 0.15) is 17.3 Å². The predicted molar refractivity (Wildman–Crippen MR) is 67.4 cm³/mol. The summed E-state index contributed by atoms with van der Waals surface area (Å²) in [5, 5.41) is 2.84. The highest BCUT2D eigenvalue weighted by atomic mass is 16.5. The minimum Gasteiger partial charge on any atom is -0.465 e. The van der Waals surface area contributed by atoms with Crippen LogP contribution in [-0.4, -0.2) is 49.0 Å². The lowest BCUT2D eigenvalue weighted by Crippen LogP contribution is -2.32. The average Bonchev–Trinajstić information content (AvgIpc) is 2.43. The van der Waals surface area contributed by atoms with Crippen molar-refractivity contribution in [3.63, 3.8) is 0 Å². The maximum atomic E-state index is 11.6. The van der Waals surface area contributed by atoms with Crippen molar-refractivity contribution >= 4 is 17.7 Å². The highest BCUT2D eigenvalue weighted by molar-refractivity contribution is 5.95. The van der Waals surface area contributed by atoms with Gasteiger partial charge in [0.15, 0.2) is 0 Å². The zero-order chi connectivity index (χ0) is 13.5. The Hall–Kier alpha value is -2.11. The van der Waals surface area contributed by atoms with Crippen LogP contribution in [0, 0.1) is 0 Å². The Balaban J connectivity index is 2.73. The summed E-state index contributed by atoms with van der Waals surface area (Å²) in [6, 6.07) is 3.23. The Morgan fingerprint density at radius 2 is 2.22 bits per heavy atom. The number of carbonyl (C=O) groups is 2. The summed E-state index contributed by atoms with van der Waals surface area (Å²) in [5.74, 6) is -0.205. The molecule has 0 aliphatic heterocycles. The highest BCUT2D eigenvalue weighted by Gasteiger charge is 2.13. The van der Waals surface area contributed by atoms with Gasteiger partial charge in [-0.05, 0) is 19.1 Å². The van der Waals surface area contributed by atoms with Crippen molar-refractivity contribution in [2.45, 2.75) is 6.92 Å². The van der Waals surface area contributed by atoms with E-state index in [0.29, 0.717) is 17.9 Å². The molecule has 0 atom stereocenters. The summed E-state index contributed by atoms with van der Waals surface area (Å²) < 4.78 is 4.64. The molecule has 0 aromatic carbocycles. The molecule has 6 nitrogen and oxygen atoms in total. The number of ether oxygens (including phenoxy) is 1. The Bertz CT molecular complexity index is 434. The maximum Gasteiger partial charge on any atom is 0.341 e. The lowest BCUT2D eigenvalue weighted by Gasteiger charge is -2.15. The maximum absolute atomic E-state index is 11.6. The van der Waals surface area contributed by atoms with Gasteiger partial charge in [0.05, 0.1) is 13.7 Å². The molecule has 0 saturated heterocycles. The number of hydrogen-bond donors (Lipinski definition) is 1. The fraction of sp³-hybridized carbons (Fsp3) is 0.417. The summed E-state index contributed by atoms with van der Waals surface area (Å²) >= 11 is 0. The van der Waals surface area contributed by atoms with Gasteiger partial charge in [0.2, 0.25) is 5.91 Å². The van der Waals surface area contributed by atoms with Crippen molar-refractivity contribution in [2.24, 2.45) is 0 Å². The van der Waals surface area contributed by atoms with Crippen molar-refractivity contribution in [3.8, 4) is 0 Å². The third-order valence-corrected chi connectivity index (χ3v) is 2.52. The molecule has 1 N–H and O–H groups in total. The monoisotopic (exact) mass is 251 g/mol. The number of pyridine rings is 1. The van der Waals surface area contributed by atoms with Crippen LogP contribution >= 0.6 is 0 Å². The van der Waals surface area contributed by atoms with E-state index in [2.05, 4.69) is 15.0 Å². The number of methoxy groups -OCH3 is 1. The summed E-state index contributed by atoms with van der Waals surface area (Å²) in [6.45, 7) is 2.61. The summed E-state index contributed by atoms with van der Waals surface area (Å²) in [6.07, 6.45) is 1.54. The van der Waals surface area contributed by atoms with Crippen LogP contribution in [0.15, 0.2) is 18.3 Å². The molecule has 0 spiro atoms. The van der Waals surface area contributed by atoms with Gasteiger partial charge in [0.25, 0.3) is 0 Å². The fourth-order valence-corrected chi connectivity index (χ4v) is 1.29. The third kappa shape index (κ3) is 3.44. The molecule has 0 unspecified atom stereocenters. The lowest BCUT2D eigenvalue weighted by molar-refractivity contribution is -0.127. The molecule has 6 heteroatoms. The number of hydrogen-bond acceptors (Lipinski definition) is 5. The molecule has 98 valence electrons. The number of anilines is 1. The molecule has 1 amide bonds. The molecule has 0 saturated carbocycles. The van der Waals surface area contributed by atoms with E-state index < -0.39 is 5.97 Å². The van der Waals surface area contributed by atoms with E-state index in [1.807, 2.05) is 6.92 Å². The first-order valence-corrected chi connectivity index (χ1v) is 5.61. The van der Waals surface area contributed by atoms with Crippen molar-refractivity contribution < 1.29 is 14.3 Å². The Labute approximate surface area is 106 Å². The third-order valence-electron chi connectivity index (χ3n) is 2.52. The van der Waals surface area contributed by atoms with Crippen LogP contribution in [0.2, 0.25) is 0 Å². The largest absolute Gasteiger partial charge is 0.465 e. The molecule has 1 aromatic heterocycles. The Kier molecular flexibility index (Phi) is 5.10. The van der Waals surface area contributed by atoms with Crippen LogP contribution in [0.4, 0.5) is 5.82 Å². The minimum atomic E-state index is -0.484. The van der Waals surface area contributed by atoms with Gasteiger partial charge < -0.3 is 15.0 Å². The van der Waals surface area contributed by atoms with E-state index in [4.69, 9.17) is 0 Å². The van der Waals surface area contributed by atoms with Crippen molar-refractivity contribution in [3.05, 3.63) is 23.9 Å². The van der Waals surface area contributed by atoms with Crippen LogP contribution < -0.4 is 5.32 Å². The van der Waals surface area contributed by atoms with Crippen molar-refractivity contribution in [1.82, 2.24) is 9.88 Å². The Morgan fingerprint density at radius 1 is 1.50 bits per heavy atom. The number of rotatable bonds is 5. The SMILES string of the molecule is CCN(C)C(=O)CNc1ncccc1C(=O)OC. The lowest BCUT2D eigenvalue weighted by atomic mass is 10.2. The van der Waals surface area contributed by atoms with Crippen LogP contribution in [-0.2, 0) is 9.53 Å². The first-order valence-electron chi connectivity index (χ1n) is 5.61. The molecular weight excluding hydrogens is 234 g/mol. The van der Waals surface area contributed by atoms with Gasteiger partial charge in [-0.15, -0.1) is 0 Å². The van der Waals surface area contributed by atoms with E-state index in [0.717, 1.165) is 0 Å². The fourth-order valence-electron chi connectivity index (χ4n) is 1.29. The van der Waals surface area contributed by atoms with E-state index >= 15 is 0 Å². The number of likely N-dealkylation sites (N-methyl/N-ethyl adjacent to an activating group) is 1. The Morgan fingerprint density at radius 3 is 2.83 bits per heavy atom. The predicted octanol–water partition coefficient (Wildman–Crippen LogP) is 0.758. The number of nitrogens with one attached hydrogen (secondary N) is 1. The number of amides is 1. The van der Waals surface area contributed by atoms with E-state index in [-0.39, 0.29) is 12.5 Å². The van der Waals surface area contributed by atoms with Gasteiger partial charge in [-0.2, -0.15) is 0 Å². The smallest absolute Gasteiger partial charge is 0.341 e. The van der Waals surface area contributed by atoms with Gasteiger partial charge in [-0.1, -0.05) is 0 Å². The first kappa shape index (κ1) is 14.0. The van der Waals surface area contributed by atoms with Crippen LogP contribution in [0.25, 0.3) is 0 Å². The number of carbonyl (C=O) groups excluding carboxylic acids is 2. The molecule has 0 fully saturated rings. The quantitative estimate of drug-likeness (QED) is 0.782. The summed E-state index contributed by atoms with van der Waals surface area (Å²) in [7, 11) is 3.01. The van der Waals surface area contributed by atoms with Gasteiger partial charge in [-0.25, -0.2) is 9.78 Å². The van der Waals surface area contributed by atoms with Crippen LogP contribution in [0.5, 0.6) is 0 Å². The van der Waals surface area contributed by atoms with Crippen LogP contribution in [0.3, 0.4) is 0 Å². The van der Waals surface area contributed by atoms with E-state index in [9.17, 15) is 9.59 Å². The number of nitrogens with zero attached hydrogens (tertiary/aromatic N) is 2. The van der Waals surface area contributed by atoms with Gasteiger partial charge >= 0.3 is 5.97 Å². The highest BCUT2D eigenvalue weighted by Crippen LogP contribution is 2.12. The van der Waals surface area contributed by atoms with Crippen molar-refractivity contribution in [1.29, 1.82) is 0 Å². The zero-order valence-corrected chi connectivity index (χ0v) is 10.8. The van der Waals surface area contributed by atoms with Gasteiger partial charge in [-0.3, -0.25) is 4.79 Å². The normalized spacial score (nSPS) is 9.72. The van der Waals surface area contributed by atoms with Crippen molar-refractivity contribution in [2.75, 3.05) is 32.6 Å². The summed E-state index contributed by atoms with van der Waals surface area (Å²) in [4.78, 5) is 28.7. The first-order chi connectivity index (χ1) is 8.60. The van der Waals surface area contributed by atoms with Gasteiger partial charge in [0.1, 0.15) is 11.4 Å². The topological polar surface area (TPSA) is 71.5 Å². The molecule has 1 aromatic rings. The standard InChI is InChI=1S/C12H17N3O3/c1-4-15(2)10(16)8-14-11-9(12(17)18-3)6-5-7-13-11/h5-7H,4,8H2,1-3H3,(H,13,14). The molecule has 0 radical (unpaired) electrons.